The zero-order valence-corrected chi connectivity index (χ0v) is 9.28. The van der Waals surface area contributed by atoms with Gasteiger partial charge in [0.05, 0.1) is 19.8 Å². The molecule has 0 saturated carbocycles. The fourth-order valence-electron chi connectivity index (χ4n) is 1.24. The van der Waals surface area contributed by atoms with Crippen molar-refractivity contribution in [3.8, 4) is 11.5 Å². The number of hydroxylamine groups is 1. The standard InChI is InChI=1S/C11H17NO3/c1-4-15-12-8(2)9-5-6-10(13)11(7-9)14-3/h5-8,12-13H,4H2,1-3H3. The number of methoxy groups -OCH3 is 1. The molecule has 1 rings (SSSR count). The Kier molecular flexibility index (Phi) is 4.39. The molecule has 0 bridgehead atoms. The van der Waals surface area contributed by atoms with Gasteiger partial charge in [-0.25, -0.2) is 0 Å². The Hall–Kier alpha value is -1.26. The van der Waals surface area contributed by atoms with E-state index in [-0.39, 0.29) is 11.8 Å². The molecule has 0 heterocycles. The SMILES string of the molecule is CCONC(C)c1ccc(O)c(OC)c1. The first-order chi connectivity index (χ1) is 7.19. The lowest BCUT2D eigenvalue weighted by atomic mass is 10.1. The summed E-state index contributed by atoms with van der Waals surface area (Å²) >= 11 is 0. The first-order valence-corrected chi connectivity index (χ1v) is 4.93. The topological polar surface area (TPSA) is 50.7 Å². The molecule has 0 spiro atoms. The maximum absolute atomic E-state index is 9.42. The molecule has 0 radical (unpaired) electrons. The third kappa shape index (κ3) is 3.11. The van der Waals surface area contributed by atoms with Gasteiger partial charge >= 0.3 is 0 Å². The minimum absolute atomic E-state index is 0.0550. The normalized spacial score (nSPS) is 12.5. The summed E-state index contributed by atoms with van der Waals surface area (Å²) in [6, 6.07) is 5.28. The van der Waals surface area contributed by atoms with Gasteiger partial charge in [0.15, 0.2) is 11.5 Å². The second-order valence-corrected chi connectivity index (χ2v) is 3.20. The fourth-order valence-corrected chi connectivity index (χ4v) is 1.24. The predicted molar refractivity (Wildman–Crippen MR) is 57.8 cm³/mol. The van der Waals surface area contributed by atoms with Crippen LogP contribution in [0.5, 0.6) is 11.5 Å². The van der Waals surface area contributed by atoms with Gasteiger partial charge in [0.25, 0.3) is 0 Å². The minimum Gasteiger partial charge on any atom is -0.504 e. The zero-order valence-electron chi connectivity index (χ0n) is 9.28. The zero-order chi connectivity index (χ0) is 11.3. The molecule has 84 valence electrons. The molecule has 1 aromatic rings. The van der Waals surface area contributed by atoms with Crippen molar-refractivity contribution in [3.05, 3.63) is 23.8 Å². The summed E-state index contributed by atoms with van der Waals surface area (Å²) in [4.78, 5) is 5.10. The number of ether oxygens (including phenoxy) is 1. The van der Waals surface area contributed by atoms with Gasteiger partial charge in [0, 0.05) is 0 Å². The molecular weight excluding hydrogens is 194 g/mol. The van der Waals surface area contributed by atoms with E-state index in [1.807, 2.05) is 19.9 Å². The molecule has 15 heavy (non-hydrogen) atoms. The number of aromatic hydroxyl groups is 1. The number of hydrogen-bond acceptors (Lipinski definition) is 4. The molecule has 2 N–H and O–H groups in total. The van der Waals surface area contributed by atoms with E-state index in [4.69, 9.17) is 9.57 Å². The van der Waals surface area contributed by atoms with Crippen molar-refractivity contribution < 1.29 is 14.7 Å². The molecule has 1 atom stereocenters. The van der Waals surface area contributed by atoms with E-state index in [1.165, 1.54) is 7.11 Å². The van der Waals surface area contributed by atoms with Gasteiger partial charge in [-0.2, -0.15) is 5.48 Å². The highest BCUT2D eigenvalue weighted by Crippen LogP contribution is 2.28. The molecule has 0 aliphatic heterocycles. The Morgan fingerprint density at radius 2 is 2.20 bits per heavy atom. The lowest BCUT2D eigenvalue weighted by Gasteiger charge is -2.14. The average Bonchev–Trinajstić information content (AvgIpc) is 2.26. The van der Waals surface area contributed by atoms with Crippen LogP contribution in [-0.2, 0) is 4.84 Å². The highest BCUT2D eigenvalue weighted by molar-refractivity contribution is 5.42. The van der Waals surface area contributed by atoms with E-state index in [2.05, 4.69) is 5.48 Å². The summed E-state index contributed by atoms with van der Waals surface area (Å²) in [5.74, 6) is 0.613. The molecule has 4 nitrogen and oxygen atoms in total. The van der Waals surface area contributed by atoms with E-state index in [9.17, 15) is 5.11 Å². The molecular formula is C11H17NO3. The van der Waals surface area contributed by atoms with Gasteiger partial charge in [0.2, 0.25) is 0 Å². The van der Waals surface area contributed by atoms with Crippen LogP contribution in [0.4, 0.5) is 0 Å². The van der Waals surface area contributed by atoms with E-state index >= 15 is 0 Å². The summed E-state index contributed by atoms with van der Waals surface area (Å²) in [5, 5.41) is 9.42. The summed E-state index contributed by atoms with van der Waals surface area (Å²) in [6.45, 7) is 4.50. The van der Waals surface area contributed by atoms with Crippen LogP contribution < -0.4 is 10.2 Å². The first-order valence-electron chi connectivity index (χ1n) is 4.93. The van der Waals surface area contributed by atoms with Crippen molar-refractivity contribution >= 4 is 0 Å². The van der Waals surface area contributed by atoms with Crippen LogP contribution in [-0.4, -0.2) is 18.8 Å². The molecule has 0 saturated heterocycles. The van der Waals surface area contributed by atoms with Crippen LogP contribution in [0.15, 0.2) is 18.2 Å². The minimum atomic E-state index is 0.0550. The highest BCUT2D eigenvalue weighted by atomic mass is 16.6. The smallest absolute Gasteiger partial charge is 0.160 e. The largest absolute Gasteiger partial charge is 0.504 e. The number of phenolic OH excluding ortho intramolecular Hbond substituents is 1. The summed E-state index contributed by atoms with van der Waals surface area (Å²) < 4.78 is 5.02. The Labute approximate surface area is 89.8 Å². The van der Waals surface area contributed by atoms with Gasteiger partial charge in [-0.15, -0.1) is 0 Å². The third-order valence-corrected chi connectivity index (χ3v) is 2.11. The van der Waals surface area contributed by atoms with Crippen molar-refractivity contribution in [1.29, 1.82) is 0 Å². The molecule has 1 unspecified atom stereocenters. The van der Waals surface area contributed by atoms with Gasteiger partial charge < -0.3 is 14.7 Å². The Bertz CT molecular complexity index is 315. The van der Waals surface area contributed by atoms with Crippen molar-refractivity contribution in [1.82, 2.24) is 5.48 Å². The van der Waals surface area contributed by atoms with Crippen molar-refractivity contribution in [3.63, 3.8) is 0 Å². The number of benzene rings is 1. The van der Waals surface area contributed by atoms with Crippen LogP contribution in [0.1, 0.15) is 25.5 Å². The van der Waals surface area contributed by atoms with E-state index < -0.39 is 0 Å². The number of nitrogens with one attached hydrogen (secondary N) is 1. The monoisotopic (exact) mass is 211 g/mol. The molecule has 0 fully saturated rings. The quantitative estimate of drug-likeness (QED) is 0.731. The predicted octanol–water partition coefficient (Wildman–Crippen LogP) is 2.00. The Morgan fingerprint density at radius 3 is 2.80 bits per heavy atom. The second kappa shape index (κ2) is 5.58. The van der Waals surface area contributed by atoms with Gasteiger partial charge in [-0.05, 0) is 31.5 Å². The van der Waals surface area contributed by atoms with Crippen LogP contribution in [0.25, 0.3) is 0 Å². The molecule has 1 aromatic carbocycles. The molecule has 0 amide bonds. The highest BCUT2D eigenvalue weighted by Gasteiger charge is 2.08. The van der Waals surface area contributed by atoms with Crippen molar-refractivity contribution in [2.24, 2.45) is 0 Å². The van der Waals surface area contributed by atoms with Crippen molar-refractivity contribution in [2.45, 2.75) is 19.9 Å². The van der Waals surface area contributed by atoms with Crippen LogP contribution >= 0.6 is 0 Å². The molecule has 0 aromatic heterocycles. The number of rotatable bonds is 5. The summed E-state index contributed by atoms with van der Waals surface area (Å²) in [6.07, 6.45) is 0. The van der Waals surface area contributed by atoms with Gasteiger partial charge in [0.1, 0.15) is 0 Å². The van der Waals surface area contributed by atoms with Crippen molar-refractivity contribution in [2.75, 3.05) is 13.7 Å². The molecule has 0 aliphatic carbocycles. The van der Waals surface area contributed by atoms with Crippen LogP contribution in [0, 0.1) is 0 Å². The van der Waals surface area contributed by atoms with E-state index in [0.717, 1.165) is 5.56 Å². The number of phenols is 1. The van der Waals surface area contributed by atoms with E-state index in [0.29, 0.717) is 12.4 Å². The van der Waals surface area contributed by atoms with Gasteiger partial charge in [-0.1, -0.05) is 6.07 Å². The van der Waals surface area contributed by atoms with Crippen LogP contribution in [0.2, 0.25) is 0 Å². The van der Waals surface area contributed by atoms with E-state index in [1.54, 1.807) is 12.1 Å². The fraction of sp³-hybridized carbons (Fsp3) is 0.455. The molecule has 4 heteroatoms. The first kappa shape index (κ1) is 11.8. The second-order valence-electron chi connectivity index (χ2n) is 3.20. The Morgan fingerprint density at radius 1 is 1.47 bits per heavy atom. The maximum Gasteiger partial charge on any atom is 0.160 e. The lowest BCUT2D eigenvalue weighted by Crippen LogP contribution is -2.18. The third-order valence-electron chi connectivity index (χ3n) is 2.11. The average molecular weight is 211 g/mol. The lowest BCUT2D eigenvalue weighted by molar-refractivity contribution is 0.0284. The molecule has 0 aliphatic rings. The Balaban J connectivity index is 2.76. The number of hydrogen-bond donors (Lipinski definition) is 2. The van der Waals surface area contributed by atoms with Crippen LogP contribution in [0.3, 0.4) is 0 Å². The maximum atomic E-state index is 9.42. The summed E-state index contributed by atoms with van der Waals surface area (Å²) in [7, 11) is 1.53. The summed E-state index contributed by atoms with van der Waals surface area (Å²) in [5.41, 5.74) is 3.88. The van der Waals surface area contributed by atoms with Gasteiger partial charge in [-0.3, -0.25) is 0 Å².